The Morgan fingerprint density at radius 3 is 2.90 bits per heavy atom. The summed E-state index contributed by atoms with van der Waals surface area (Å²) in [6, 6.07) is 13.0. The maximum Gasteiger partial charge on any atom is 0.458 e. The number of hydrogen-bond acceptors (Lipinski definition) is 5. The molecule has 5 rings (SSSR count). The smallest absolute Gasteiger partial charge is 0.458 e. The number of aromatic nitrogens is 5. The fourth-order valence-electron chi connectivity index (χ4n) is 3.51. The third-order valence-corrected chi connectivity index (χ3v) is 4.81. The van der Waals surface area contributed by atoms with Crippen molar-refractivity contribution in [3.63, 3.8) is 0 Å². The van der Waals surface area contributed by atoms with Crippen LogP contribution in [0.2, 0.25) is 0 Å². The van der Waals surface area contributed by atoms with Crippen molar-refractivity contribution < 1.29 is 13.7 Å². The molecule has 0 aliphatic heterocycles. The first-order valence-corrected chi connectivity index (χ1v) is 9.12. The number of aryl methyl sites for hydroxylation is 1. The van der Waals surface area contributed by atoms with Crippen molar-refractivity contribution in [3.8, 4) is 17.0 Å². The van der Waals surface area contributed by atoms with Crippen molar-refractivity contribution in [3.05, 3.63) is 76.9 Å². The van der Waals surface area contributed by atoms with Crippen molar-refractivity contribution in [2.24, 2.45) is 0 Å². The number of H-pyrrole nitrogens is 1. The van der Waals surface area contributed by atoms with Crippen LogP contribution in [0.25, 0.3) is 27.9 Å². The topological polar surface area (TPSA) is 90.0 Å². The molecule has 1 N–H and O–H groups in total. The summed E-state index contributed by atoms with van der Waals surface area (Å²) in [5.74, 6) is 2.60. The van der Waals surface area contributed by atoms with E-state index < -0.39 is 0 Å². The van der Waals surface area contributed by atoms with E-state index in [1.807, 2.05) is 43.3 Å². The number of ether oxygens (including phenoxy) is 1. The summed E-state index contributed by atoms with van der Waals surface area (Å²) in [5, 5.41) is 3.68. The largest absolute Gasteiger partial charge is 0.497 e. The van der Waals surface area contributed by atoms with Gasteiger partial charge < -0.3 is 13.7 Å². The zero-order valence-corrected chi connectivity index (χ0v) is 15.9. The molecule has 0 aliphatic rings. The van der Waals surface area contributed by atoms with Crippen molar-refractivity contribution in [1.82, 2.24) is 19.6 Å². The molecule has 144 valence electrons. The number of nitrogens with zero attached hydrogens (tertiary/aromatic N) is 4. The van der Waals surface area contributed by atoms with Crippen LogP contribution in [-0.4, -0.2) is 26.7 Å². The van der Waals surface area contributed by atoms with E-state index in [-0.39, 0.29) is 5.56 Å². The molecule has 4 aromatic heterocycles. The summed E-state index contributed by atoms with van der Waals surface area (Å²) in [5.41, 5.74) is 1.92. The second-order valence-corrected chi connectivity index (χ2v) is 6.73. The van der Waals surface area contributed by atoms with Crippen molar-refractivity contribution in [1.29, 1.82) is 0 Å². The van der Waals surface area contributed by atoms with Gasteiger partial charge in [-0.2, -0.15) is 0 Å². The van der Waals surface area contributed by atoms with Gasteiger partial charge in [-0.05, 0) is 30.3 Å². The number of methoxy groups -OCH3 is 1. The lowest BCUT2D eigenvalue weighted by Crippen LogP contribution is -2.32. The average molecular weight is 388 g/mol. The standard InChI is InChI=1S/C21H17N5O3/c1-13-22-21-23-17-8-9-25(12-16-7-4-10-29-16)20(27)18(17)19(26(21)24-13)14-5-3-6-15(11-14)28-2/h3-11H,12H2,1-2H3/p+1. The molecule has 0 spiro atoms. The Labute approximate surface area is 165 Å². The summed E-state index contributed by atoms with van der Waals surface area (Å²) in [6.07, 6.45) is 3.32. The molecule has 29 heavy (non-hydrogen) atoms. The van der Waals surface area contributed by atoms with Crippen LogP contribution in [0.15, 0.2) is 64.1 Å². The van der Waals surface area contributed by atoms with E-state index in [9.17, 15) is 4.79 Å². The maximum atomic E-state index is 13.5. The van der Waals surface area contributed by atoms with E-state index in [1.54, 1.807) is 34.7 Å². The third kappa shape index (κ3) is 2.85. The summed E-state index contributed by atoms with van der Waals surface area (Å²) in [7, 11) is 1.61. The molecular weight excluding hydrogens is 370 g/mol. The van der Waals surface area contributed by atoms with Gasteiger partial charge in [0.1, 0.15) is 16.9 Å². The minimum Gasteiger partial charge on any atom is -0.497 e. The van der Waals surface area contributed by atoms with Crippen LogP contribution in [-0.2, 0) is 6.54 Å². The Morgan fingerprint density at radius 1 is 1.21 bits per heavy atom. The lowest BCUT2D eigenvalue weighted by Gasteiger charge is -2.08. The van der Waals surface area contributed by atoms with Gasteiger partial charge in [0.15, 0.2) is 11.2 Å². The van der Waals surface area contributed by atoms with Gasteiger partial charge in [0.25, 0.3) is 5.56 Å². The van der Waals surface area contributed by atoms with Crippen LogP contribution in [0.3, 0.4) is 0 Å². The first-order valence-electron chi connectivity index (χ1n) is 9.12. The molecule has 0 atom stereocenters. The molecule has 8 nitrogen and oxygen atoms in total. The monoisotopic (exact) mass is 388 g/mol. The zero-order valence-electron chi connectivity index (χ0n) is 15.9. The molecule has 5 aromatic rings. The zero-order chi connectivity index (χ0) is 20.0. The molecule has 0 saturated carbocycles. The van der Waals surface area contributed by atoms with Gasteiger partial charge in [-0.3, -0.25) is 4.79 Å². The van der Waals surface area contributed by atoms with Crippen LogP contribution in [0.5, 0.6) is 5.75 Å². The van der Waals surface area contributed by atoms with E-state index in [2.05, 4.69) is 15.1 Å². The summed E-state index contributed by atoms with van der Waals surface area (Å²) < 4.78 is 14.1. The number of hydrogen-bond donors (Lipinski definition) is 1. The highest BCUT2D eigenvalue weighted by molar-refractivity contribution is 5.90. The van der Waals surface area contributed by atoms with Crippen molar-refractivity contribution >= 4 is 16.7 Å². The molecule has 1 aromatic carbocycles. The van der Waals surface area contributed by atoms with Crippen LogP contribution in [0.4, 0.5) is 0 Å². The fraction of sp³-hybridized carbons (Fsp3) is 0.143. The quantitative estimate of drug-likeness (QED) is 0.478. The van der Waals surface area contributed by atoms with Gasteiger partial charge >= 0.3 is 5.78 Å². The van der Waals surface area contributed by atoms with E-state index in [4.69, 9.17) is 9.15 Å². The van der Waals surface area contributed by atoms with Gasteiger partial charge in [-0.25, -0.2) is 5.10 Å². The molecule has 8 heteroatoms. The SMILES string of the molecule is COc1cccc(-c2c3c(=O)n(Cc4ccco4)ccc3nc3nc(C)[nH][n+]23)c1. The van der Waals surface area contributed by atoms with Crippen LogP contribution >= 0.6 is 0 Å². The molecule has 0 fully saturated rings. The molecule has 4 heterocycles. The normalized spacial score (nSPS) is 11.4. The lowest BCUT2D eigenvalue weighted by atomic mass is 10.1. The fourth-order valence-corrected chi connectivity index (χ4v) is 3.51. The Kier molecular flexibility index (Phi) is 3.90. The van der Waals surface area contributed by atoms with Gasteiger partial charge in [0.2, 0.25) is 5.82 Å². The van der Waals surface area contributed by atoms with E-state index in [0.29, 0.717) is 46.3 Å². The molecular formula is C21H18N5O3+. The highest BCUT2D eigenvalue weighted by atomic mass is 16.5. The summed E-state index contributed by atoms with van der Waals surface area (Å²) in [4.78, 5) is 22.5. The number of fused-ring (bicyclic) bond motifs is 2. The van der Waals surface area contributed by atoms with Gasteiger partial charge in [-0.15, -0.1) is 4.52 Å². The Balaban J connectivity index is 1.86. The Bertz CT molecular complexity index is 1400. The predicted octanol–water partition coefficient (Wildman–Crippen LogP) is 2.48. The highest BCUT2D eigenvalue weighted by Crippen LogP contribution is 2.26. The number of aromatic amines is 1. The van der Waals surface area contributed by atoms with Crippen LogP contribution < -0.4 is 14.8 Å². The van der Waals surface area contributed by atoms with E-state index in [0.717, 1.165) is 5.56 Å². The number of nitrogens with one attached hydrogen (secondary N) is 1. The summed E-state index contributed by atoms with van der Waals surface area (Å²) in [6.45, 7) is 2.19. The third-order valence-electron chi connectivity index (χ3n) is 4.81. The van der Waals surface area contributed by atoms with Gasteiger partial charge in [-0.1, -0.05) is 22.1 Å². The van der Waals surface area contributed by atoms with Crippen LogP contribution in [0.1, 0.15) is 11.6 Å². The first kappa shape index (κ1) is 17.2. The number of furan rings is 1. The maximum absolute atomic E-state index is 13.5. The van der Waals surface area contributed by atoms with Crippen molar-refractivity contribution in [2.45, 2.75) is 13.5 Å². The molecule has 0 amide bonds. The van der Waals surface area contributed by atoms with Gasteiger partial charge in [0.05, 0.1) is 19.9 Å². The minimum atomic E-state index is -0.161. The second-order valence-electron chi connectivity index (χ2n) is 6.73. The van der Waals surface area contributed by atoms with E-state index >= 15 is 0 Å². The average Bonchev–Trinajstić information content (AvgIpc) is 3.37. The molecule has 0 aliphatic carbocycles. The predicted molar refractivity (Wildman–Crippen MR) is 106 cm³/mol. The molecule has 0 bridgehead atoms. The Morgan fingerprint density at radius 2 is 2.10 bits per heavy atom. The molecule has 0 unspecified atom stereocenters. The number of benzene rings is 1. The van der Waals surface area contributed by atoms with Crippen LogP contribution in [0, 0.1) is 6.92 Å². The number of pyridine rings is 1. The Hall–Kier alpha value is -3.94. The number of rotatable bonds is 4. The molecule has 0 radical (unpaired) electrons. The summed E-state index contributed by atoms with van der Waals surface area (Å²) >= 11 is 0. The first-order chi connectivity index (χ1) is 14.1. The highest BCUT2D eigenvalue weighted by Gasteiger charge is 2.24. The van der Waals surface area contributed by atoms with Crippen molar-refractivity contribution in [2.75, 3.05) is 7.11 Å². The minimum absolute atomic E-state index is 0.161. The van der Waals surface area contributed by atoms with E-state index in [1.165, 1.54) is 0 Å². The second kappa shape index (κ2) is 6.59. The van der Waals surface area contributed by atoms with Gasteiger partial charge in [0, 0.05) is 18.7 Å². The lowest BCUT2D eigenvalue weighted by molar-refractivity contribution is -0.567. The molecule has 0 saturated heterocycles.